The zero-order valence-electron chi connectivity index (χ0n) is 11.6. The second kappa shape index (κ2) is 6.56. The summed E-state index contributed by atoms with van der Waals surface area (Å²) in [6, 6.07) is 2.32. The fourth-order valence-electron chi connectivity index (χ4n) is 2.06. The molecule has 1 rings (SSSR count). The van der Waals surface area contributed by atoms with Gasteiger partial charge in [0, 0.05) is 24.7 Å². The van der Waals surface area contributed by atoms with Crippen molar-refractivity contribution in [3.8, 4) is 0 Å². The van der Waals surface area contributed by atoms with E-state index in [0.29, 0.717) is 12.2 Å². The molecule has 0 aliphatic heterocycles. The van der Waals surface area contributed by atoms with E-state index in [9.17, 15) is 20.0 Å². The molecule has 6 nitrogen and oxygen atoms in total. The Bertz CT molecular complexity index is 533. The summed E-state index contributed by atoms with van der Waals surface area (Å²) in [4.78, 5) is 23.4. The lowest BCUT2D eigenvalue weighted by molar-refractivity contribution is -0.384. The first-order chi connectivity index (χ1) is 9.33. The fourth-order valence-corrected chi connectivity index (χ4v) is 2.38. The molecular formula is C13H17ClN2O4. The van der Waals surface area contributed by atoms with Gasteiger partial charge in [0.05, 0.1) is 21.2 Å². The van der Waals surface area contributed by atoms with Crippen LogP contribution < -0.4 is 4.90 Å². The molecule has 0 fully saturated rings. The van der Waals surface area contributed by atoms with Gasteiger partial charge in [0.15, 0.2) is 0 Å². The lowest BCUT2D eigenvalue weighted by atomic mass is 10.1. The topological polar surface area (TPSA) is 83.7 Å². The first-order valence-corrected chi connectivity index (χ1v) is 6.69. The number of hydrogen-bond acceptors (Lipinski definition) is 4. The zero-order chi connectivity index (χ0) is 15.4. The molecule has 1 unspecified atom stereocenters. The molecule has 1 aromatic rings. The van der Waals surface area contributed by atoms with E-state index in [1.54, 1.807) is 0 Å². The molecule has 20 heavy (non-hydrogen) atoms. The molecule has 110 valence electrons. The summed E-state index contributed by atoms with van der Waals surface area (Å²) in [5.74, 6) is -1.23. The highest BCUT2D eigenvalue weighted by Gasteiger charge is 2.25. The Morgan fingerprint density at radius 1 is 1.50 bits per heavy atom. The van der Waals surface area contributed by atoms with Crippen LogP contribution in [0.3, 0.4) is 0 Å². The number of aromatic carboxylic acids is 1. The summed E-state index contributed by atoms with van der Waals surface area (Å²) in [6.07, 6.45) is 0.806. The largest absolute Gasteiger partial charge is 0.478 e. The van der Waals surface area contributed by atoms with Crippen LogP contribution in [0.5, 0.6) is 0 Å². The Balaban J connectivity index is 3.51. The van der Waals surface area contributed by atoms with Gasteiger partial charge in [-0.2, -0.15) is 0 Å². The van der Waals surface area contributed by atoms with Gasteiger partial charge in [-0.1, -0.05) is 18.5 Å². The Hall–Kier alpha value is -1.82. The van der Waals surface area contributed by atoms with Crippen molar-refractivity contribution in [3.63, 3.8) is 0 Å². The van der Waals surface area contributed by atoms with Gasteiger partial charge in [0.1, 0.15) is 0 Å². The summed E-state index contributed by atoms with van der Waals surface area (Å²) in [7, 11) is 0. The van der Waals surface area contributed by atoms with Gasteiger partial charge in [-0.25, -0.2) is 4.79 Å². The van der Waals surface area contributed by atoms with Crippen molar-refractivity contribution < 1.29 is 14.8 Å². The smallest absolute Gasteiger partial charge is 0.338 e. The lowest BCUT2D eigenvalue weighted by Crippen LogP contribution is -2.33. The van der Waals surface area contributed by atoms with Gasteiger partial charge in [0.2, 0.25) is 0 Å². The number of anilines is 1. The first-order valence-electron chi connectivity index (χ1n) is 6.31. The van der Waals surface area contributed by atoms with Gasteiger partial charge in [-0.05, 0) is 20.3 Å². The third-order valence-corrected chi connectivity index (χ3v) is 3.53. The molecule has 0 spiro atoms. The van der Waals surface area contributed by atoms with Crippen molar-refractivity contribution in [1.82, 2.24) is 0 Å². The minimum absolute atomic E-state index is 0.0806. The Morgan fingerprint density at radius 2 is 2.10 bits per heavy atom. The van der Waals surface area contributed by atoms with Crippen LogP contribution >= 0.6 is 11.6 Å². The molecule has 1 N–H and O–H groups in total. The van der Waals surface area contributed by atoms with Gasteiger partial charge in [-0.15, -0.1) is 0 Å². The molecule has 7 heteroatoms. The summed E-state index contributed by atoms with van der Waals surface area (Å²) >= 11 is 6.09. The SMILES string of the molecule is CCC(C)N(CC)c1c(Cl)cc([N+](=O)[O-])cc1C(=O)O. The molecule has 0 saturated carbocycles. The molecule has 0 aliphatic rings. The van der Waals surface area contributed by atoms with E-state index in [0.717, 1.165) is 12.5 Å². The average molecular weight is 301 g/mol. The van der Waals surface area contributed by atoms with E-state index < -0.39 is 10.9 Å². The number of carbonyl (C=O) groups is 1. The standard InChI is InChI=1S/C13H17ClN2O4/c1-4-8(3)15(5-2)12-10(13(17)18)6-9(16(19)20)7-11(12)14/h6-8H,4-5H2,1-3H3,(H,17,18). The van der Waals surface area contributed by atoms with Crippen molar-refractivity contribution in [2.24, 2.45) is 0 Å². The van der Waals surface area contributed by atoms with Gasteiger partial charge in [0.25, 0.3) is 5.69 Å². The molecule has 0 aliphatic carbocycles. The van der Waals surface area contributed by atoms with Crippen molar-refractivity contribution in [1.29, 1.82) is 0 Å². The van der Waals surface area contributed by atoms with E-state index in [2.05, 4.69) is 0 Å². The summed E-state index contributed by atoms with van der Waals surface area (Å²) in [5.41, 5.74) is -0.135. The number of benzene rings is 1. The normalized spacial score (nSPS) is 12.0. The maximum Gasteiger partial charge on any atom is 0.338 e. The first kappa shape index (κ1) is 16.2. The number of carboxylic acid groups (broad SMARTS) is 1. The van der Waals surface area contributed by atoms with Crippen molar-refractivity contribution in [2.75, 3.05) is 11.4 Å². The third-order valence-electron chi connectivity index (χ3n) is 3.24. The Kier molecular flexibility index (Phi) is 5.33. The van der Waals surface area contributed by atoms with E-state index in [4.69, 9.17) is 11.6 Å². The molecular weight excluding hydrogens is 284 g/mol. The molecule has 0 radical (unpaired) electrons. The summed E-state index contributed by atoms with van der Waals surface area (Å²) < 4.78 is 0. The Morgan fingerprint density at radius 3 is 2.50 bits per heavy atom. The van der Waals surface area contributed by atoms with Crippen LogP contribution in [0, 0.1) is 10.1 Å². The second-order valence-electron chi connectivity index (χ2n) is 4.43. The van der Waals surface area contributed by atoms with Crippen LogP contribution in [0.1, 0.15) is 37.6 Å². The van der Waals surface area contributed by atoms with Crippen LogP contribution in [-0.2, 0) is 0 Å². The number of hydrogen-bond donors (Lipinski definition) is 1. The highest BCUT2D eigenvalue weighted by molar-refractivity contribution is 6.34. The quantitative estimate of drug-likeness (QED) is 0.641. The number of nitrogens with zero attached hydrogens (tertiary/aromatic N) is 2. The maximum atomic E-state index is 11.4. The number of nitro benzene ring substituents is 1. The van der Waals surface area contributed by atoms with Crippen molar-refractivity contribution in [2.45, 2.75) is 33.2 Å². The van der Waals surface area contributed by atoms with E-state index in [1.165, 1.54) is 6.07 Å². The van der Waals surface area contributed by atoms with Gasteiger partial charge in [-0.3, -0.25) is 10.1 Å². The van der Waals surface area contributed by atoms with E-state index >= 15 is 0 Å². The maximum absolute atomic E-state index is 11.4. The van der Waals surface area contributed by atoms with E-state index in [1.807, 2.05) is 25.7 Å². The number of rotatable bonds is 6. The number of carboxylic acids is 1. The number of nitro groups is 1. The predicted molar refractivity (Wildman–Crippen MR) is 77.8 cm³/mol. The van der Waals surface area contributed by atoms with Crippen LogP contribution in [-0.4, -0.2) is 28.6 Å². The van der Waals surface area contributed by atoms with Crippen molar-refractivity contribution >= 4 is 28.9 Å². The molecule has 1 aromatic carbocycles. The van der Waals surface area contributed by atoms with Crippen LogP contribution in [0.2, 0.25) is 5.02 Å². The summed E-state index contributed by atoms with van der Waals surface area (Å²) in [6.45, 7) is 6.38. The van der Waals surface area contributed by atoms with E-state index in [-0.39, 0.29) is 22.3 Å². The Labute approximate surface area is 122 Å². The van der Waals surface area contributed by atoms with Gasteiger partial charge < -0.3 is 10.0 Å². The van der Waals surface area contributed by atoms with Gasteiger partial charge >= 0.3 is 5.97 Å². The number of halogens is 1. The van der Waals surface area contributed by atoms with Crippen LogP contribution in [0.15, 0.2) is 12.1 Å². The highest BCUT2D eigenvalue weighted by atomic mass is 35.5. The molecule has 0 heterocycles. The number of non-ortho nitro benzene ring substituents is 1. The molecule has 0 amide bonds. The minimum Gasteiger partial charge on any atom is -0.478 e. The monoisotopic (exact) mass is 300 g/mol. The molecule has 0 aromatic heterocycles. The fraction of sp³-hybridized carbons (Fsp3) is 0.462. The van der Waals surface area contributed by atoms with Crippen LogP contribution in [0.4, 0.5) is 11.4 Å². The minimum atomic E-state index is -1.23. The summed E-state index contributed by atoms with van der Waals surface area (Å²) in [5, 5.41) is 20.2. The van der Waals surface area contributed by atoms with Crippen LogP contribution in [0.25, 0.3) is 0 Å². The van der Waals surface area contributed by atoms with Crippen molar-refractivity contribution in [3.05, 3.63) is 32.8 Å². The molecule has 0 saturated heterocycles. The lowest BCUT2D eigenvalue weighted by Gasteiger charge is -2.31. The predicted octanol–water partition coefficient (Wildman–Crippen LogP) is 3.57. The third kappa shape index (κ3) is 3.19. The molecule has 0 bridgehead atoms. The molecule has 1 atom stereocenters. The second-order valence-corrected chi connectivity index (χ2v) is 4.84. The zero-order valence-corrected chi connectivity index (χ0v) is 12.3. The highest BCUT2D eigenvalue weighted by Crippen LogP contribution is 2.35. The average Bonchev–Trinajstić information content (AvgIpc) is 2.39.